The Balaban J connectivity index is 1.95. The number of hydrogen-bond donors (Lipinski definition) is 2. The van der Waals surface area contributed by atoms with Crippen molar-refractivity contribution in [2.75, 3.05) is 20.1 Å². The van der Waals surface area contributed by atoms with Gasteiger partial charge in [-0.25, -0.2) is 0 Å². The highest BCUT2D eigenvalue weighted by Gasteiger charge is 2.18. The van der Waals surface area contributed by atoms with Crippen molar-refractivity contribution in [1.82, 2.24) is 10.2 Å². The second kappa shape index (κ2) is 5.69. The lowest BCUT2D eigenvalue weighted by molar-refractivity contribution is 0.397. The van der Waals surface area contributed by atoms with E-state index in [1.807, 2.05) is 12.1 Å². The van der Waals surface area contributed by atoms with E-state index < -0.39 is 0 Å². The molecule has 17 heavy (non-hydrogen) atoms. The minimum absolute atomic E-state index is 0.259. The second-order valence-corrected chi connectivity index (χ2v) is 6.25. The molecule has 1 aliphatic heterocycles. The average Bonchev–Trinajstić information content (AvgIpc) is 2.69. The fraction of sp³-hybridized carbons (Fsp3) is 0.500. The molecule has 0 bridgehead atoms. The van der Waals surface area contributed by atoms with Gasteiger partial charge in [0.2, 0.25) is 0 Å². The predicted molar refractivity (Wildman–Crippen MR) is 76.2 cm³/mol. The first-order chi connectivity index (χ1) is 8.06. The van der Waals surface area contributed by atoms with E-state index in [-0.39, 0.29) is 5.75 Å². The van der Waals surface area contributed by atoms with Crippen molar-refractivity contribution >= 4 is 31.9 Å². The summed E-state index contributed by atoms with van der Waals surface area (Å²) < 4.78 is 1.46. The molecule has 0 amide bonds. The van der Waals surface area contributed by atoms with Gasteiger partial charge in [-0.05, 0) is 69.6 Å². The van der Waals surface area contributed by atoms with Gasteiger partial charge >= 0.3 is 0 Å². The number of rotatable bonds is 3. The van der Waals surface area contributed by atoms with E-state index in [0.717, 1.165) is 27.6 Å². The largest absolute Gasteiger partial charge is 0.506 e. The van der Waals surface area contributed by atoms with E-state index in [1.54, 1.807) is 0 Å². The second-order valence-electron chi connectivity index (χ2n) is 4.54. The predicted octanol–water partition coefficient (Wildman–Crippen LogP) is 2.71. The molecule has 3 nitrogen and oxygen atoms in total. The third-order valence-electron chi connectivity index (χ3n) is 3.06. The summed E-state index contributed by atoms with van der Waals surface area (Å²) in [6.07, 6.45) is 1.21. The summed E-state index contributed by atoms with van der Waals surface area (Å²) in [7, 11) is 2.15. The number of hydrogen-bond acceptors (Lipinski definition) is 3. The summed E-state index contributed by atoms with van der Waals surface area (Å²) in [5.74, 6) is 0.259. The first-order valence-corrected chi connectivity index (χ1v) is 7.23. The van der Waals surface area contributed by atoms with E-state index >= 15 is 0 Å². The minimum Gasteiger partial charge on any atom is -0.506 e. The number of likely N-dealkylation sites (N-methyl/N-ethyl adjacent to an activating group) is 1. The first kappa shape index (κ1) is 13.3. The third kappa shape index (κ3) is 3.44. The van der Waals surface area contributed by atoms with Gasteiger partial charge in [-0.15, -0.1) is 0 Å². The molecule has 0 aromatic heterocycles. The van der Waals surface area contributed by atoms with Crippen LogP contribution in [0.3, 0.4) is 0 Å². The van der Waals surface area contributed by atoms with Crippen LogP contribution in [-0.4, -0.2) is 36.2 Å². The number of nitrogens with zero attached hydrogens (tertiary/aromatic N) is 1. The summed E-state index contributed by atoms with van der Waals surface area (Å²) >= 11 is 6.69. The Kier molecular flexibility index (Phi) is 4.47. The number of halogens is 2. The van der Waals surface area contributed by atoms with E-state index in [2.05, 4.69) is 49.1 Å². The van der Waals surface area contributed by atoms with Gasteiger partial charge < -0.3 is 15.3 Å². The Morgan fingerprint density at radius 3 is 2.59 bits per heavy atom. The molecule has 1 aliphatic rings. The average molecular weight is 364 g/mol. The molecule has 1 atom stereocenters. The monoisotopic (exact) mass is 362 g/mol. The Bertz CT molecular complexity index is 388. The Labute approximate surface area is 118 Å². The topological polar surface area (TPSA) is 35.5 Å². The molecule has 0 spiro atoms. The van der Waals surface area contributed by atoms with Crippen LogP contribution in [0.2, 0.25) is 0 Å². The van der Waals surface area contributed by atoms with Crippen molar-refractivity contribution in [2.45, 2.75) is 19.0 Å². The van der Waals surface area contributed by atoms with Crippen LogP contribution in [0.4, 0.5) is 0 Å². The van der Waals surface area contributed by atoms with Gasteiger partial charge in [0.25, 0.3) is 0 Å². The normalized spacial score (nSPS) is 21.0. The highest BCUT2D eigenvalue weighted by atomic mass is 79.9. The SMILES string of the molecule is CN1CCC(NCc2cc(Br)c(O)c(Br)c2)C1. The van der Waals surface area contributed by atoms with Crippen molar-refractivity contribution in [3.63, 3.8) is 0 Å². The molecule has 1 aromatic carbocycles. The molecule has 5 heteroatoms. The molecule has 1 fully saturated rings. The van der Waals surface area contributed by atoms with Crippen molar-refractivity contribution < 1.29 is 5.11 Å². The number of likely N-dealkylation sites (tertiary alicyclic amines) is 1. The smallest absolute Gasteiger partial charge is 0.143 e. The molecule has 0 aliphatic carbocycles. The van der Waals surface area contributed by atoms with E-state index in [1.165, 1.54) is 13.0 Å². The maximum atomic E-state index is 9.62. The van der Waals surface area contributed by atoms with Crippen molar-refractivity contribution in [3.8, 4) is 5.75 Å². The lowest BCUT2D eigenvalue weighted by Gasteiger charge is -2.13. The van der Waals surface area contributed by atoms with Gasteiger partial charge in [-0.1, -0.05) is 0 Å². The molecule has 94 valence electrons. The van der Waals surface area contributed by atoms with Gasteiger partial charge in [0, 0.05) is 19.1 Å². The molecule has 0 radical (unpaired) electrons. The summed E-state index contributed by atoms with van der Waals surface area (Å²) in [6, 6.07) is 4.48. The van der Waals surface area contributed by atoms with Crippen LogP contribution in [0.15, 0.2) is 21.1 Å². The van der Waals surface area contributed by atoms with Crippen LogP contribution in [-0.2, 0) is 6.54 Å². The Hall–Kier alpha value is -0.100. The highest BCUT2D eigenvalue weighted by molar-refractivity contribution is 9.11. The maximum Gasteiger partial charge on any atom is 0.143 e. The molecule has 1 aromatic rings. The van der Waals surface area contributed by atoms with Crippen LogP contribution < -0.4 is 5.32 Å². The third-order valence-corrected chi connectivity index (χ3v) is 4.27. The van der Waals surface area contributed by atoms with E-state index in [0.29, 0.717) is 6.04 Å². The van der Waals surface area contributed by atoms with E-state index in [9.17, 15) is 5.11 Å². The van der Waals surface area contributed by atoms with E-state index in [4.69, 9.17) is 0 Å². The molecule has 0 saturated carbocycles. The van der Waals surface area contributed by atoms with Crippen LogP contribution in [0.5, 0.6) is 5.75 Å². The number of phenolic OH excluding ortho intramolecular Hbond substituents is 1. The van der Waals surface area contributed by atoms with Gasteiger partial charge in [-0.3, -0.25) is 0 Å². The summed E-state index contributed by atoms with van der Waals surface area (Å²) in [5.41, 5.74) is 1.16. The number of nitrogens with one attached hydrogen (secondary N) is 1. The molecular formula is C12H16Br2N2O. The van der Waals surface area contributed by atoms with Crippen LogP contribution in [0, 0.1) is 0 Å². The summed E-state index contributed by atoms with van der Waals surface area (Å²) in [6.45, 7) is 3.11. The zero-order valence-electron chi connectivity index (χ0n) is 9.71. The molecule has 1 heterocycles. The lowest BCUT2D eigenvalue weighted by atomic mass is 10.2. The fourth-order valence-corrected chi connectivity index (χ4v) is 3.37. The molecule has 2 rings (SSSR count). The standard InChI is InChI=1S/C12H16Br2N2O/c1-16-3-2-9(7-16)15-6-8-4-10(13)12(17)11(14)5-8/h4-5,9,15,17H,2-3,6-7H2,1H3. The van der Waals surface area contributed by atoms with Gasteiger partial charge in [0.15, 0.2) is 0 Å². The molecule has 1 saturated heterocycles. The molecule has 2 N–H and O–H groups in total. The maximum absolute atomic E-state index is 9.62. The minimum atomic E-state index is 0.259. The van der Waals surface area contributed by atoms with Crippen LogP contribution in [0.25, 0.3) is 0 Å². The highest BCUT2D eigenvalue weighted by Crippen LogP contribution is 2.33. The van der Waals surface area contributed by atoms with Crippen LogP contribution >= 0.6 is 31.9 Å². The lowest BCUT2D eigenvalue weighted by Crippen LogP contribution is -2.30. The number of aromatic hydroxyl groups is 1. The van der Waals surface area contributed by atoms with Gasteiger partial charge in [0.1, 0.15) is 5.75 Å². The quantitative estimate of drug-likeness (QED) is 0.866. The molecular weight excluding hydrogens is 348 g/mol. The van der Waals surface area contributed by atoms with Crippen molar-refractivity contribution in [1.29, 1.82) is 0 Å². The summed E-state index contributed by atoms with van der Waals surface area (Å²) in [5, 5.41) is 13.2. The zero-order chi connectivity index (χ0) is 12.4. The zero-order valence-corrected chi connectivity index (χ0v) is 12.9. The Morgan fingerprint density at radius 2 is 2.06 bits per heavy atom. The Morgan fingerprint density at radius 1 is 1.41 bits per heavy atom. The van der Waals surface area contributed by atoms with Crippen LogP contribution in [0.1, 0.15) is 12.0 Å². The van der Waals surface area contributed by atoms with Gasteiger partial charge in [-0.2, -0.15) is 0 Å². The fourth-order valence-electron chi connectivity index (χ4n) is 2.08. The first-order valence-electron chi connectivity index (χ1n) is 5.65. The number of benzene rings is 1. The molecule has 1 unspecified atom stereocenters. The summed E-state index contributed by atoms with van der Waals surface area (Å²) in [4.78, 5) is 2.33. The van der Waals surface area contributed by atoms with Crippen molar-refractivity contribution in [2.24, 2.45) is 0 Å². The van der Waals surface area contributed by atoms with Gasteiger partial charge in [0.05, 0.1) is 8.95 Å². The number of phenols is 1. The van der Waals surface area contributed by atoms with Crippen molar-refractivity contribution in [3.05, 3.63) is 26.6 Å².